The van der Waals surface area contributed by atoms with E-state index in [0.717, 1.165) is 0 Å². The molecule has 0 bridgehead atoms. The minimum absolute atomic E-state index is 0.571. The van der Waals surface area contributed by atoms with E-state index in [4.69, 9.17) is 12.3 Å². The monoisotopic (exact) mass is 354 g/mol. The maximum absolute atomic E-state index is 6.51. The molecule has 0 rings (SSSR count). The molecule has 0 heterocycles. The topological polar surface area (TPSA) is 27.7 Å². The van der Waals surface area contributed by atoms with Gasteiger partial charge in [0.05, 0.1) is 0 Å². The van der Waals surface area contributed by atoms with Crippen molar-refractivity contribution in [2.45, 2.75) is 71.1 Å². The van der Waals surface area contributed by atoms with Crippen molar-refractivity contribution in [3.05, 3.63) is 0 Å². The van der Waals surface area contributed by atoms with Crippen molar-refractivity contribution in [2.24, 2.45) is 0 Å². The summed E-state index contributed by atoms with van der Waals surface area (Å²) in [5.74, 6) is 0. The van der Waals surface area contributed by atoms with Crippen LogP contribution in [0, 0.1) is 0 Å². The van der Waals surface area contributed by atoms with Crippen molar-refractivity contribution in [1.29, 1.82) is 0 Å². The van der Waals surface area contributed by atoms with Crippen LogP contribution >= 0.6 is 0 Å². The number of hydrogen-bond acceptors (Lipinski definition) is 3. The third-order valence-electron chi connectivity index (χ3n) is 2.43. The minimum Gasteiger partial charge on any atom is -0.440 e. The molecule has 0 aromatic heterocycles. The van der Waals surface area contributed by atoms with Crippen LogP contribution in [0.5, 0.6) is 0 Å². The Balaban J connectivity index is 4.62. The van der Waals surface area contributed by atoms with E-state index in [1.54, 1.807) is 0 Å². The summed E-state index contributed by atoms with van der Waals surface area (Å²) in [5.41, 5.74) is 1.33. The highest BCUT2D eigenvalue weighted by Crippen LogP contribution is 2.24. The van der Waals surface area contributed by atoms with Crippen LogP contribution in [-0.4, -0.2) is 43.3 Å². The molecule has 0 atom stereocenters. The molecule has 3 nitrogen and oxygen atoms in total. The second-order valence-electron chi connectivity index (χ2n) is 7.53. The van der Waals surface area contributed by atoms with E-state index >= 15 is 0 Å². The first-order valence-electron chi connectivity index (χ1n) is 7.33. The Morgan fingerprint density at radius 2 is 1.21 bits per heavy atom. The summed E-state index contributed by atoms with van der Waals surface area (Å²) >= 11 is 0. The van der Waals surface area contributed by atoms with Crippen molar-refractivity contribution in [3.63, 3.8) is 0 Å². The summed E-state index contributed by atoms with van der Waals surface area (Å²) in [4.78, 5) is 0. The molecule has 0 unspecified atom stereocenters. The first-order chi connectivity index (χ1) is 8.25. The fourth-order valence-electron chi connectivity index (χ4n) is 2.89. The molecule has 0 radical (unpaired) electrons. The Morgan fingerprint density at radius 3 is 1.58 bits per heavy atom. The fraction of sp³-hybridized carbons (Fsp3) is 1.00. The quantitative estimate of drug-likeness (QED) is 0.623. The van der Waals surface area contributed by atoms with Crippen LogP contribution in [0.3, 0.4) is 0 Å². The van der Waals surface area contributed by atoms with Crippen molar-refractivity contribution in [2.75, 3.05) is 0 Å². The first kappa shape index (κ1) is 20.0. The average molecular weight is 355 g/mol. The highest BCUT2D eigenvalue weighted by molar-refractivity contribution is 6.91. The lowest BCUT2D eigenvalue weighted by molar-refractivity contribution is 0.335. The Bertz CT molecular complexity index is 254. The summed E-state index contributed by atoms with van der Waals surface area (Å²) in [6.07, 6.45) is 0. The Hall–Kier alpha value is 0.964. The van der Waals surface area contributed by atoms with Gasteiger partial charge < -0.3 is 12.3 Å². The maximum Gasteiger partial charge on any atom is 0.312 e. The Labute approximate surface area is 127 Å². The van der Waals surface area contributed by atoms with Crippen LogP contribution in [0.4, 0.5) is 0 Å². The van der Waals surface area contributed by atoms with Gasteiger partial charge in [-0.05, 0) is 58.0 Å². The van der Waals surface area contributed by atoms with Gasteiger partial charge in [-0.2, -0.15) is 0 Å². The zero-order valence-corrected chi connectivity index (χ0v) is 19.9. The molecule has 0 aromatic rings. The third kappa shape index (κ3) is 10.3. The van der Waals surface area contributed by atoms with Gasteiger partial charge >= 0.3 is 17.1 Å². The van der Waals surface area contributed by atoms with Gasteiger partial charge in [-0.1, -0.05) is 13.1 Å². The molecule has 0 aliphatic heterocycles. The lowest BCUT2D eigenvalue weighted by Gasteiger charge is -2.39. The molecule has 0 saturated heterocycles. The average Bonchev–Trinajstić information content (AvgIpc) is 1.89. The van der Waals surface area contributed by atoms with Crippen LogP contribution in [0.1, 0.15) is 0 Å². The van der Waals surface area contributed by atoms with E-state index in [2.05, 4.69) is 65.5 Å². The summed E-state index contributed by atoms with van der Waals surface area (Å²) in [6, 6.07) is 0. The van der Waals surface area contributed by atoms with E-state index in [1.165, 1.54) is 5.67 Å². The summed E-state index contributed by atoms with van der Waals surface area (Å²) in [5, 5.41) is 0. The van der Waals surface area contributed by atoms with Crippen molar-refractivity contribution in [1.82, 2.24) is 0 Å². The fourth-order valence-corrected chi connectivity index (χ4v) is 27.6. The van der Waals surface area contributed by atoms with Gasteiger partial charge in [-0.25, -0.2) is 0 Å². The summed E-state index contributed by atoms with van der Waals surface area (Å²) in [6.45, 7) is 22.6. The van der Waals surface area contributed by atoms with Crippen molar-refractivity contribution >= 4 is 43.3 Å². The second kappa shape index (κ2) is 7.30. The normalized spacial score (nSPS) is 14.5. The number of rotatable bonds is 8. The van der Waals surface area contributed by atoms with Gasteiger partial charge in [0.2, 0.25) is 0 Å². The lowest BCUT2D eigenvalue weighted by Crippen LogP contribution is -2.54. The molecule has 19 heavy (non-hydrogen) atoms. The van der Waals surface area contributed by atoms with Crippen LogP contribution in [-0.2, 0) is 12.3 Å². The van der Waals surface area contributed by atoms with Gasteiger partial charge in [-0.15, -0.1) is 0 Å². The van der Waals surface area contributed by atoms with Crippen LogP contribution in [0.15, 0.2) is 0 Å². The Kier molecular flexibility index (Phi) is 7.67. The first-order valence-corrected chi connectivity index (χ1v) is 22.0. The van der Waals surface area contributed by atoms with Crippen molar-refractivity contribution < 1.29 is 12.3 Å². The van der Waals surface area contributed by atoms with E-state index < -0.39 is 43.3 Å². The molecule has 0 aliphatic rings. The second-order valence-corrected chi connectivity index (χ2v) is 25.7. The number of hydrogen-bond donors (Lipinski definition) is 0. The molecule has 116 valence electrons. The third-order valence-corrected chi connectivity index (χ3v) is 21.9. The zero-order valence-electron chi connectivity index (χ0n) is 14.6. The van der Waals surface area contributed by atoms with Gasteiger partial charge in [0.25, 0.3) is 0 Å². The van der Waals surface area contributed by atoms with E-state index in [0.29, 0.717) is 0 Å². The summed E-state index contributed by atoms with van der Waals surface area (Å²) < 4.78 is 19.0. The SMILES string of the molecule is C[SiH](C)C[Si](C)(C)O[Si](C)(C)O[Si](C)(C)O[SiH](C)C. The predicted molar refractivity (Wildman–Crippen MR) is 98.3 cm³/mol. The molecule has 0 aliphatic carbocycles. The molecule has 0 spiro atoms. The van der Waals surface area contributed by atoms with Gasteiger partial charge in [0, 0.05) is 8.80 Å². The van der Waals surface area contributed by atoms with Crippen molar-refractivity contribution in [3.8, 4) is 0 Å². The minimum atomic E-state index is -2.06. The van der Waals surface area contributed by atoms with E-state index in [1.807, 2.05) is 0 Å². The largest absolute Gasteiger partial charge is 0.440 e. The van der Waals surface area contributed by atoms with E-state index in [9.17, 15) is 0 Å². The highest BCUT2D eigenvalue weighted by atomic mass is 28.5. The maximum atomic E-state index is 6.51. The molecular formula is C11H34O3Si5. The summed E-state index contributed by atoms with van der Waals surface area (Å²) in [7, 11) is -7.25. The molecule has 0 saturated carbocycles. The van der Waals surface area contributed by atoms with Gasteiger partial charge in [0.1, 0.15) is 0 Å². The smallest absolute Gasteiger partial charge is 0.312 e. The zero-order chi connectivity index (χ0) is 15.5. The standard InChI is InChI=1S/C11H34O3Si5/c1-15(2)11-17(5,6)13-19(9,10)14-18(7,8)12-16(3)4/h15-16H,11H2,1-10H3. The van der Waals surface area contributed by atoms with Crippen LogP contribution < -0.4 is 0 Å². The van der Waals surface area contributed by atoms with Crippen LogP contribution in [0.2, 0.25) is 71.1 Å². The Morgan fingerprint density at radius 1 is 0.737 bits per heavy atom. The molecular weight excluding hydrogens is 321 g/mol. The lowest BCUT2D eigenvalue weighted by atomic mass is 11.8. The molecule has 8 heteroatoms. The molecule has 0 aromatic carbocycles. The highest BCUT2D eigenvalue weighted by Gasteiger charge is 2.41. The van der Waals surface area contributed by atoms with Gasteiger partial charge in [-0.3, -0.25) is 0 Å². The molecule has 0 N–H and O–H groups in total. The van der Waals surface area contributed by atoms with E-state index in [-0.39, 0.29) is 0 Å². The predicted octanol–water partition coefficient (Wildman–Crippen LogP) is 3.65. The van der Waals surface area contributed by atoms with Crippen LogP contribution in [0.25, 0.3) is 0 Å². The molecule has 0 amide bonds. The molecule has 0 fully saturated rings. The van der Waals surface area contributed by atoms with Gasteiger partial charge in [0.15, 0.2) is 17.4 Å².